The maximum Gasteiger partial charge on any atom is 0.0701 e. The number of hydrogen-bond donors (Lipinski definition) is 1. The van der Waals surface area contributed by atoms with Crippen LogP contribution in [0.1, 0.15) is 30.1 Å². The molecule has 2 aliphatic rings. The van der Waals surface area contributed by atoms with Crippen LogP contribution in [0.2, 0.25) is 0 Å². The van der Waals surface area contributed by atoms with Crippen molar-refractivity contribution in [2.75, 3.05) is 13.1 Å². The van der Waals surface area contributed by atoms with E-state index in [0.29, 0.717) is 5.41 Å². The van der Waals surface area contributed by atoms with Crippen LogP contribution in [0.3, 0.4) is 0 Å². The van der Waals surface area contributed by atoms with E-state index in [9.17, 15) is 0 Å². The van der Waals surface area contributed by atoms with Crippen LogP contribution in [0.25, 0.3) is 0 Å². The van der Waals surface area contributed by atoms with Crippen molar-refractivity contribution in [2.45, 2.75) is 25.2 Å². The van der Waals surface area contributed by atoms with Crippen LogP contribution in [-0.2, 0) is 0 Å². The van der Waals surface area contributed by atoms with Gasteiger partial charge in [-0.1, -0.05) is 0 Å². The lowest BCUT2D eigenvalue weighted by molar-refractivity contribution is 0.175. The fourth-order valence-electron chi connectivity index (χ4n) is 2.80. The van der Waals surface area contributed by atoms with Crippen molar-refractivity contribution in [3.05, 3.63) is 20.8 Å². The summed E-state index contributed by atoms with van der Waals surface area (Å²) in [7, 11) is 0. The van der Waals surface area contributed by atoms with Gasteiger partial charge in [0, 0.05) is 18.0 Å². The van der Waals surface area contributed by atoms with Gasteiger partial charge in [0.15, 0.2) is 0 Å². The first-order valence-corrected chi connectivity index (χ1v) is 6.84. The fraction of sp³-hybridized carbons (Fsp3) is 0.636. The largest absolute Gasteiger partial charge is 0.316 e. The quantitative estimate of drug-likeness (QED) is 0.826. The van der Waals surface area contributed by atoms with Gasteiger partial charge >= 0.3 is 0 Å². The summed E-state index contributed by atoms with van der Waals surface area (Å²) in [5.74, 6) is 0.841. The normalized spacial score (nSPS) is 29.4. The van der Waals surface area contributed by atoms with Gasteiger partial charge in [-0.25, -0.2) is 0 Å². The summed E-state index contributed by atoms with van der Waals surface area (Å²) < 4.78 is 1.28. The molecule has 1 saturated carbocycles. The number of rotatable bonds is 1. The lowest BCUT2D eigenvalue weighted by Gasteiger charge is -2.39. The van der Waals surface area contributed by atoms with E-state index in [4.69, 9.17) is 0 Å². The molecule has 2 fully saturated rings. The highest BCUT2D eigenvalue weighted by Crippen LogP contribution is 2.50. The van der Waals surface area contributed by atoms with Crippen molar-refractivity contribution in [3.8, 4) is 0 Å². The van der Waals surface area contributed by atoms with Gasteiger partial charge in [0.25, 0.3) is 0 Å². The molecule has 0 amide bonds. The van der Waals surface area contributed by atoms with E-state index < -0.39 is 0 Å². The predicted octanol–water partition coefficient (Wildman–Crippen LogP) is 3.37. The van der Waals surface area contributed by atoms with E-state index in [-0.39, 0.29) is 0 Å². The summed E-state index contributed by atoms with van der Waals surface area (Å²) in [6, 6.07) is 4.48. The third kappa shape index (κ3) is 1.46. The average Bonchev–Trinajstić information content (AvgIpc) is 2.67. The summed E-state index contributed by atoms with van der Waals surface area (Å²) in [6.45, 7) is 2.52. The second kappa shape index (κ2) is 3.32. The Hall–Kier alpha value is 0.140. The number of thiophene rings is 1. The first kappa shape index (κ1) is 9.37. The highest BCUT2D eigenvalue weighted by atomic mass is 79.9. The van der Waals surface area contributed by atoms with Gasteiger partial charge in [0.2, 0.25) is 0 Å². The van der Waals surface area contributed by atoms with Crippen molar-refractivity contribution >= 4 is 27.3 Å². The summed E-state index contributed by atoms with van der Waals surface area (Å²) in [6.07, 6.45) is 4.24. The Morgan fingerprint density at radius 1 is 1.43 bits per heavy atom. The van der Waals surface area contributed by atoms with Crippen LogP contribution < -0.4 is 5.32 Å². The Morgan fingerprint density at radius 3 is 2.79 bits per heavy atom. The monoisotopic (exact) mass is 271 g/mol. The van der Waals surface area contributed by atoms with Crippen molar-refractivity contribution < 1.29 is 0 Å². The highest BCUT2D eigenvalue weighted by Gasteiger charge is 2.44. The van der Waals surface area contributed by atoms with Crippen molar-refractivity contribution in [1.29, 1.82) is 0 Å². The molecule has 3 heteroatoms. The zero-order valence-corrected chi connectivity index (χ0v) is 10.5. The number of nitrogens with one attached hydrogen (secondary N) is 1. The molecular formula is C11H14BrNS. The molecule has 1 nitrogen and oxygen atoms in total. The van der Waals surface area contributed by atoms with Crippen LogP contribution in [-0.4, -0.2) is 13.1 Å². The molecule has 1 saturated heterocycles. The molecule has 1 unspecified atom stereocenters. The van der Waals surface area contributed by atoms with Gasteiger partial charge in [0.05, 0.1) is 3.79 Å². The molecular weight excluding hydrogens is 258 g/mol. The summed E-state index contributed by atoms with van der Waals surface area (Å²) in [5.41, 5.74) is 0.682. The van der Waals surface area contributed by atoms with Crippen LogP contribution in [0.15, 0.2) is 15.9 Å². The van der Waals surface area contributed by atoms with E-state index in [1.807, 2.05) is 11.3 Å². The SMILES string of the molecule is Brc1ccc(C2CCC3(CNC3)C2)s1. The summed E-state index contributed by atoms with van der Waals surface area (Å²) >= 11 is 5.46. The second-order valence-electron chi connectivity index (χ2n) is 4.69. The minimum Gasteiger partial charge on any atom is -0.316 e. The standard InChI is InChI=1S/C11H14BrNS/c12-10-2-1-9(14-10)8-3-4-11(5-8)6-13-7-11/h1-2,8,13H,3-7H2. The Morgan fingerprint density at radius 2 is 2.29 bits per heavy atom. The molecule has 0 bridgehead atoms. The van der Waals surface area contributed by atoms with E-state index >= 15 is 0 Å². The first-order valence-electron chi connectivity index (χ1n) is 5.23. The number of halogens is 1. The van der Waals surface area contributed by atoms with Gasteiger partial charge < -0.3 is 5.32 Å². The Bertz CT molecular complexity index is 343. The molecule has 0 aromatic carbocycles. The third-order valence-corrected chi connectivity index (χ3v) is 5.49. The van der Waals surface area contributed by atoms with Gasteiger partial charge in [-0.05, 0) is 58.7 Å². The molecule has 1 aliphatic heterocycles. The average molecular weight is 272 g/mol. The van der Waals surface area contributed by atoms with E-state index in [1.165, 1.54) is 36.1 Å². The van der Waals surface area contributed by atoms with Crippen LogP contribution in [0, 0.1) is 5.41 Å². The molecule has 76 valence electrons. The Kier molecular flexibility index (Phi) is 2.22. The molecule has 2 heterocycles. The second-order valence-corrected chi connectivity index (χ2v) is 7.18. The summed E-state index contributed by atoms with van der Waals surface area (Å²) in [4.78, 5) is 1.58. The smallest absolute Gasteiger partial charge is 0.0701 e. The van der Waals surface area contributed by atoms with E-state index in [0.717, 1.165) is 5.92 Å². The molecule has 14 heavy (non-hydrogen) atoms. The van der Waals surface area contributed by atoms with Crippen molar-refractivity contribution in [2.24, 2.45) is 5.41 Å². The minimum atomic E-state index is 0.682. The van der Waals surface area contributed by atoms with Gasteiger partial charge in [-0.3, -0.25) is 0 Å². The molecule has 1 aliphatic carbocycles. The molecule has 3 rings (SSSR count). The van der Waals surface area contributed by atoms with Crippen molar-refractivity contribution in [3.63, 3.8) is 0 Å². The molecule has 1 aromatic heterocycles. The molecule has 1 aromatic rings. The lowest BCUT2D eigenvalue weighted by atomic mass is 9.79. The van der Waals surface area contributed by atoms with Gasteiger partial charge in [-0.15, -0.1) is 11.3 Å². The zero-order valence-electron chi connectivity index (χ0n) is 8.05. The third-order valence-electron chi connectivity index (χ3n) is 3.70. The maximum atomic E-state index is 3.54. The van der Waals surface area contributed by atoms with Crippen molar-refractivity contribution in [1.82, 2.24) is 5.32 Å². The van der Waals surface area contributed by atoms with Crippen LogP contribution >= 0.6 is 27.3 Å². The molecule has 1 spiro atoms. The van der Waals surface area contributed by atoms with E-state index in [1.54, 1.807) is 4.88 Å². The predicted molar refractivity (Wildman–Crippen MR) is 63.9 cm³/mol. The van der Waals surface area contributed by atoms with Gasteiger partial charge in [-0.2, -0.15) is 0 Å². The zero-order chi connectivity index (χ0) is 9.60. The van der Waals surface area contributed by atoms with Crippen LogP contribution in [0.5, 0.6) is 0 Å². The minimum absolute atomic E-state index is 0.682. The number of hydrogen-bond acceptors (Lipinski definition) is 2. The molecule has 1 atom stereocenters. The highest BCUT2D eigenvalue weighted by molar-refractivity contribution is 9.11. The Balaban J connectivity index is 1.76. The Labute approximate surface area is 97.0 Å². The first-order chi connectivity index (χ1) is 6.77. The fourth-order valence-corrected chi connectivity index (χ4v) is 4.36. The lowest BCUT2D eigenvalue weighted by Crippen LogP contribution is -2.51. The molecule has 1 N–H and O–H groups in total. The molecule has 0 radical (unpaired) electrons. The van der Waals surface area contributed by atoms with E-state index in [2.05, 4.69) is 33.4 Å². The van der Waals surface area contributed by atoms with Crippen LogP contribution in [0.4, 0.5) is 0 Å². The van der Waals surface area contributed by atoms with Gasteiger partial charge in [0.1, 0.15) is 0 Å². The topological polar surface area (TPSA) is 12.0 Å². The maximum absolute atomic E-state index is 3.54. The summed E-state index contributed by atoms with van der Waals surface area (Å²) in [5, 5.41) is 3.42.